The zero-order chi connectivity index (χ0) is 11.1. The van der Waals surface area contributed by atoms with Gasteiger partial charge in [-0.1, -0.05) is 22.9 Å². The average molecular weight is 279 g/mol. The molecule has 0 radical (unpaired) electrons. The molecule has 1 fully saturated rings. The highest BCUT2D eigenvalue weighted by Gasteiger charge is 2.19. The van der Waals surface area contributed by atoms with Crippen molar-refractivity contribution in [1.82, 2.24) is 10.2 Å². The standard InChI is InChI=1S/C10H19BrN2O2/c1-2-13-5-6-15-9(8-13)7-12-10(14)3-4-11/h9H,2-8H2,1H3,(H,12,14). The van der Waals surface area contributed by atoms with Crippen LogP contribution >= 0.6 is 15.9 Å². The monoisotopic (exact) mass is 278 g/mol. The molecule has 0 aromatic carbocycles. The summed E-state index contributed by atoms with van der Waals surface area (Å²) < 4.78 is 5.57. The van der Waals surface area contributed by atoms with Crippen molar-refractivity contribution >= 4 is 21.8 Å². The predicted molar refractivity (Wildman–Crippen MR) is 63.3 cm³/mol. The van der Waals surface area contributed by atoms with Crippen molar-refractivity contribution in [3.05, 3.63) is 0 Å². The number of hydrogen-bond acceptors (Lipinski definition) is 3. The number of halogens is 1. The first-order valence-corrected chi connectivity index (χ1v) is 6.55. The van der Waals surface area contributed by atoms with Gasteiger partial charge in [0.1, 0.15) is 0 Å². The van der Waals surface area contributed by atoms with Gasteiger partial charge in [0, 0.05) is 31.4 Å². The first-order chi connectivity index (χ1) is 7.26. The molecular weight excluding hydrogens is 260 g/mol. The lowest BCUT2D eigenvalue weighted by Gasteiger charge is -2.32. The molecule has 0 aliphatic carbocycles. The molecule has 15 heavy (non-hydrogen) atoms. The minimum absolute atomic E-state index is 0.0871. The summed E-state index contributed by atoms with van der Waals surface area (Å²) in [5, 5.41) is 3.59. The molecule has 0 aromatic heterocycles. The number of nitrogens with zero attached hydrogens (tertiary/aromatic N) is 1. The number of hydrogen-bond donors (Lipinski definition) is 1. The minimum atomic E-state index is 0.0871. The van der Waals surface area contributed by atoms with Crippen LogP contribution in [0.2, 0.25) is 0 Å². The van der Waals surface area contributed by atoms with Crippen LogP contribution in [0, 0.1) is 0 Å². The van der Waals surface area contributed by atoms with Crippen molar-refractivity contribution < 1.29 is 9.53 Å². The molecule has 0 aromatic rings. The zero-order valence-electron chi connectivity index (χ0n) is 9.17. The molecule has 1 rings (SSSR count). The molecule has 1 aliphatic rings. The van der Waals surface area contributed by atoms with Crippen molar-refractivity contribution in [2.45, 2.75) is 19.4 Å². The zero-order valence-corrected chi connectivity index (χ0v) is 10.8. The highest BCUT2D eigenvalue weighted by atomic mass is 79.9. The lowest BCUT2D eigenvalue weighted by Crippen LogP contribution is -2.47. The third kappa shape index (κ3) is 4.95. The van der Waals surface area contributed by atoms with Crippen molar-refractivity contribution in [3.63, 3.8) is 0 Å². The predicted octanol–water partition coefficient (Wildman–Crippen LogP) is 0.608. The normalized spacial score (nSPS) is 22.7. The van der Waals surface area contributed by atoms with Crippen LogP contribution in [0.15, 0.2) is 0 Å². The van der Waals surface area contributed by atoms with E-state index in [1.54, 1.807) is 0 Å². The second kappa shape index (κ2) is 7.19. The molecule has 1 heterocycles. The SMILES string of the molecule is CCN1CCOC(CNC(=O)CCBr)C1. The second-order valence-electron chi connectivity index (χ2n) is 3.63. The highest BCUT2D eigenvalue weighted by Crippen LogP contribution is 2.03. The molecule has 1 amide bonds. The Hall–Kier alpha value is -0.130. The van der Waals surface area contributed by atoms with Crippen LogP contribution in [-0.4, -0.2) is 55.0 Å². The molecule has 1 atom stereocenters. The number of alkyl halides is 1. The van der Waals surface area contributed by atoms with Crippen molar-refractivity contribution in [2.75, 3.05) is 38.1 Å². The Labute approximate surface area is 99.5 Å². The quantitative estimate of drug-likeness (QED) is 0.750. The number of ether oxygens (including phenoxy) is 1. The summed E-state index contributed by atoms with van der Waals surface area (Å²) in [6.45, 7) is 6.52. The number of morpholine rings is 1. The Balaban J connectivity index is 2.17. The third-order valence-electron chi connectivity index (χ3n) is 2.52. The maximum atomic E-state index is 11.2. The van der Waals surface area contributed by atoms with Gasteiger partial charge in [-0.15, -0.1) is 0 Å². The van der Waals surface area contributed by atoms with Crippen molar-refractivity contribution in [3.8, 4) is 0 Å². The number of likely N-dealkylation sites (N-methyl/N-ethyl adjacent to an activating group) is 1. The fraction of sp³-hybridized carbons (Fsp3) is 0.900. The maximum Gasteiger partial charge on any atom is 0.220 e. The van der Waals surface area contributed by atoms with E-state index < -0.39 is 0 Å². The highest BCUT2D eigenvalue weighted by molar-refractivity contribution is 9.09. The van der Waals surface area contributed by atoms with Gasteiger partial charge in [-0.3, -0.25) is 9.69 Å². The maximum absolute atomic E-state index is 11.2. The van der Waals surface area contributed by atoms with Crippen LogP contribution in [0.1, 0.15) is 13.3 Å². The molecule has 0 spiro atoms. The smallest absolute Gasteiger partial charge is 0.220 e. The van der Waals surface area contributed by atoms with Crippen LogP contribution in [-0.2, 0) is 9.53 Å². The van der Waals surface area contributed by atoms with Crippen LogP contribution in [0.4, 0.5) is 0 Å². The van der Waals surface area contributed by atoms with Crippen molar-refractivity contribution in [1.29, 1.82) is 0 Å². The molecule has 4 nitrogen and oxygen atoms in total. The topological polar surface area (TPSA) is 41.6 Å². The molecule has 1 saturated heterocycles. The van der Waals surface area contributed by atoms with E-state index in [1.807, 2.05) is 0 Å². The Bertz CT molecular complexity index is 202. The average Bonchev–Trinajstić information content (AvgIpc) is 2.27. The van der Waals surface area contributed by atoms with Crippen molar-refractivity contribution in [2.24, 2.45) is 0 Å². The molecule has 1 unspecified atom stereocenters. The van der Waals surface area contributed by atoms with Crippen LogP contribution in [0.5, 0.6) is 0 Å². The van der Waals surface area contributed by atoms with Crippen LogP contribution < -0.4 is 5.32 Å². The molecule has 0 bridgehead atoms. The van der Waals surface area contributed by atoms with E-state index in [1.165, 1.54) is 0 Å². The molecule has 5 heteroatoms. The van der Waals surface area contributed by atoms with E-state index in [0.29, 0.717) is 18.3 Å². The summed E-state index contributed by atoms with van der Waals surface area (Å²) >= 11 is 3.24. The Morgan fingerprint density at radius 2 is 2.47 bits per heavy atom. The van der Waals surface area contributed by atoms with Gasteiger partial charge in [0.2, 0.25) is 5.91 Å². The van der Waals surface area contributed by atoms with E-state index >= 15 is 0 Å². The molecule has 0 saturated carbocycles. The van der Waals surface area contributed by atoms with E-state index in [-0.39, 0.29) is 12.0 Å². The van der Waals surface area contributed by atoms with Gasteiger partial charge in [-0.25, -0.2) is 0 Å². The van der Waals surface area contributed by atoms with Gasteiger partial charge < -0.3 is 10.1 Å². The Morgan fingerprint density at radius 3 is 3.13 bits per heavy atom. The number of rotatable bonds is 5. The number of amides is 1. The summed E-state index contributed by atoms with van der Waals surface area (Å²) in [6.07, 6.45) is 0.683. The van der Waals surface area contributed by atoms with Gasteiger partial charge in [-0.05, 0) is 6.54 Å². The van der Waals surface area contributed by atoms with Crippen LogP contribution in [0.3, 0.4) is 0 Å². The Morgan fingerprint density at radius 1 is 1.67 bits per heavy atom. The minimum Gasteiger partial charge on any atom is -0.374 e. The third-order valence-corrected chi connectivity index (χ3v) is 2.92. The summed E-state index contributed by atoms with van der Waals surface area (Å²) in [5.41, 5.74) is 0. The van der Waals surface area contributed by atoms with Gasteiger partial charge in [0.25, 0.3) is 0 Å². The van der Waals surface area contributed by atoms with E-state index in [9.17, 15) is 4.79 Å². The van der Waals surface area contributed by atoms with Gasteiger partial charge in [0.15, 0.2) is 0 Å². The number of carbonyl (C=O) groups excluding carboxylic acids is 1. The summed E-state index contributed by atoms with van der Waals surface area (Å²) in [6, 6.07) is 0. The van der Waals surface area contributed by atoms with Gasteiger partial charge >= 0.3 is 0 Å². The lowest BCUT2D eigenvalue weighted by molar-refractivity contribution is -0.121. The lowest BCUT2D eigenvalue weighted by atomic mass is 10.2. The van der Waals surface area contributed by atoms with Crippen LogP contribution in [0.25, 0.3) is 0 Å². The van der Waals surface area contributed by atoms with E-state index in [4.69, 9.17) is 4.74 Å². The molecule has 1 N–H and O–H groups in total. The number of nitrogens with one attached hydrogen (secondary N) is 1. The Kier molecular flexibility index (Phi) is 6.20. The fourth-order valence-electron chi connectivity index (χ4n) is 1.59. The largest absolute Gasteiger partial charge is 0.374 e. The number of carbonyl (C=O) groups is 1. The second-order valence-corrected chi connectivity index (χ2v) is 4.42. The summed E-state index contributed by atoms with van der Waals surface area (Å²) in [5.74, 6) is 0.0871. The van der Waals surface area contributed by atoms with E-state index in [0.717, 1.165) is 26.2 Å². The summed E-state index contributed by atoms with van der Waals surface area (Å²) in [4.78, 5) is 13.6. The molecule has 88 valence electrons. The molecular formula is C10H19BrN2O2. The van der Waals surface area contributed by atoms with E-state index in [2.05, 4.69) is 33.1 Å². The summed E-state index contributed by atoms with van der Waals surface area (Å²) in [7, 11) is 0. The van der Waals surface area contributed by atoms with Gasteiger partial charge in [-0.2, -0.15) is 0 Å². The first-order valence-electron chi connectivity index (χ1n) is 5.43. The first kappa shape index (κ1) is 12.9. The van der Waals surface area contributed by atoms with Gasteiger partial charge in [0.05, 0.1) is 12.7 Å². The fourth-order valence-corrected chi connectivity index (χ4v) is 1.95. The molecule has 1 aliphatic heterocycles.